The molecule has 0 spiro atoms. The zero-order chi connectivity index (χ0) is 16.1. The SMILES string of the molecule is COc1ccc(/C=N/NC(=O)c2nonc2C)cc1[N+](=O)[O-]. The maximum Gasteiger partial charge on any atom is 0.311 e. The first-order chi connectivity index (χ1) is 10.5. The van der Waals surface area contributed by atoms with Gasteiger partial charge < -0.3 is 4.74 Å². The Kier molecular flexibility index (Phi) is 4.41. The van der Waals surface area contributed by atoms with Crippen LogP contribution < -0.4 is 10.2 Å². The van der Waals surface area contributed by atoms with Crippen molar-refractivity contribution in [3.63, 3.8) is 0 Å². The standard InChI is InChI=1S/C12H11N5O5/c1-7-11(16-22-15-7)12(18)14-13-6-8-3-4-10(21-2)9(5-8)17(19)20/h3-6H,1-2H3,(H,14,18)/b13-6+. The van der Waals surface area contributed by atoms with Crippen molar-refractivity contribution in [2.45, 2.75) is 6.92 Å². The number of hydrogen-bond donors (Lipinski definition) is 1. The van der Waals surface area contributed by atoms with Gasteiger partial charge in [0.15, 0.2) is 11.4 Å². The van der Waals surface area contributed by atoms with Gasteiger partial charge in [-0.1, -0.05) is 5.16 Å². The Morgan fingerprint density at radius 1 is 1.50 bits per heavy atom. The molecule has 0 fully saturated rings. The van der Waals surface area contributed by atoms with E-state index in [0.29, 0.717) is 11.3 Å². The Morgan fingerprint density at radius 2 is 2.27 bits per heavy atom. The number of hydrogen-bond acceptors (Lipinski definition) is 8. The number of carbonyl (C=O) groups excluding carboxylic acids is 1. The molecule has 0 saturated heterocycles. The molecule has 10 nitrogen and oxygen atoms in total. The molecule has 1 aromatic heterocycles. The average molecular weight is 305 g/mol. The molecule has 2 aromatic rings. The van der Waals surface area contributed by atoms with Crippen LogP contribution in [-0.2, 0) is 0 Å². The molecule has 0 aliphatic rings. The Bertz CT molecular complexity index is 739. The van der Waals surface area contributed by atoms with Gasteiger partial charge in [-0.15, -0.1) is 0 Å². The first kappa shape index (κ1) is 15.1. The molecule has 0 saturated carbocycles. The number of rotatable bonds is 5. The summed E-state index contributed by atoms with van der Waals surface area (Å²) in [4.78, 5) is 22.0. The number of nitro benzene ring substituents is 1. The average Bonchev–Trinajstić information content (AvgIpc) is 2.93. The molecule has 0 aliphatic heterocycles. The second-order valence-electron chi connectivity index (χ2n) is 4.09. The van der Waals surface area contributed by atoms with Crippen LogP contribution in [0.2, 0.25) is 0 Å². The molecule has 2 rings (SSSR count). The second kappa shape index (κ2) is 6.43. The van der Waals surface area contributed by atoms with E-state index < -0.39 is 10.8 Å². The summed E-state index contributed by atoms with van der Waals surface area (Å²) in [5.74, 6) is -0.464. The lowest BCUT2D eigenvalue weighted by Crippen LogP contribution is -2.19. The van der Waals surface area contributed by atoms with E-state index in [1.54, 1.807) is 13.0 Å². The maximum atomic E-state index is 11.7. The van der Waals surface area contributed by atoms with Crippen molar-refractivity contribution in [1.29, 1.82) is 0 Å². The predicted octanol–water partition coefficient (Wildman–Crippen LogP) is 1.06. The third-order valence-corrected chi connectivity index (χ3v) is 2.65. The van der Waals surface area contributed by atoms with Crippen LogP contribution in [0.5, 0.6) is 5.75 Å². The van der Waals surface area contributed by atoms with Crippen LogP contribution in [0, 0.1) is 17.0 Å². The van der Waals surface area contributed by atoms with Gasteiger partial charge >= 0.3 is 5.69 Å². The predicted molar refractivity (Wildman–Crippen MR) is 73.7 cm³/mol. The monoisotopic (exact) mass is 305 g/mol. The molecule has 0 unspecified atom stereocenters. The minimum absolute atomic E-state index is 0.0119. The third-order valence-electron chi connectivity index (χ3n) is 2.65. The summed E-state index contributed by atoms with van der Waals surface area (Å²) in [5.41, 5.74) is 2.78. The number of nitrogens with zero attached hydrogens (tertiary/aromatic N) is 4. The summed E-state index contributed by atoms with van der Waals surface area (Å²) in [6.45, 7) is 1.56. The number of nitrogens with one attached hydrogen (secondary N) is 1. The van der Waals surface area contributed by atoms with E-state index in [1.165, 1.54) is 25.5 Å². The normalized spacial score (nSPS) is 10.6. The van der Waals surface area contributed by atoms with Crippen molar-refractivity contribution in [2.75, 3.05) is 7.11 Å². The van der Waals surface area contributed by atoms with Gasteiger partial charge in [0.25, 0.3) is 5.91 Å². The molecular weight excluding hydrogens is 294 g/mol. The third kappa shape index (κ3) is 3.23. The fraction of sp³-hybridized carbons (Fsp3) is 0.167. The Morgan fingerprint density at radius 3 is 2.86 bits per heavy atom. The van der Waals surface area contributed by atoms with E-state index in [9.17, 15) is 14.9 Å². The highest BCUT2D eigenvalue weighted by Gasteiger charge is 2.15. The number of ether oxygens (including phenoxy) is 1. The smallest absolute Gasteiger partial charge is 0.311 e. The number of aryl methyl sites for hydroxylation is 1. The summed E-state index contributed by atoms with van der Waals surface area (Å²) in [5, 5.41) is 21.5. The Balaban J connectivity index is 2.10. The summed E-state index contributed by atoms with van der Waals surface area (Å²) in [6, 6.07) is 4.27. The van der Waals surface area contributed by atoms with E-state index in [2.05, 4.69) is 25.5 Å². The van der Waals surface area contributed by atoms with Crippen LogP contribution in [0.15, 0.2) is 27.9 Å². The number of amides is 1. The van der Waals surface area contributed by atoms with Gasteiger partial charge in [0.05, 0.1) is 18.2 Å². The van der Waals surface area contributed by atoms with Gasteiger partial charge in [0.2, 0.25) is 0 Å². The number of aromatic nitrogens is 2. The fourth-order valence-electron chi connectivity index (χ4n) is 1.59. The molecule has 1 aromatic carbocycles. The molecule has 1 N–H and O–H groups in total. The number of hydrazone groups is 1. The van der Waals surface area contributed by atoms with E-state index >= 15 is 0 Å². The lowest BCUT2D eigenvalue weighted by Gasteiger charge is -2.01. The highest BCUT2D eigenvalue weighted by atomic mass is 16.6. The van der Waals surface area contributed by atoms with Crippen molar-refractivity contribution in [2.24, 2.45) is 5.10 Å². The molecule has 1 heterocycles. The van der Waals surface area contributed by atoms with E-state index in [4.69, 9.17) is 4.74 Å². The highest BCUT2D eigenvalue weighted by Crippen LogP contribution is 2.26. The zero-order valence-electron chi connectivity index (χ0n) is 11.6. The lowest BCUT2D eigenvalue weighted by molar-refractivity contribution is -0.385. The van der Waals surface area contributed by atoms with Gasteiger partial charge in [0.1, 0.15) is 5.69 Å². The second-order valence-corrected chi connectivity index (χ2v) is 4.09. The van der Waals surface area contributed by atoms with Crippen LogP contribution in [-0.4, -0.2) is 34.5 Å². The highest BCUT2D eigenvalue weighted by molar-refractivity contribution is 5.93. The van der Waals surface area contributed by atoms with Crippen LogP contribution in [0.1, 0.15) is 21.7 Å². The van der Waals surface area contributed by atoms with Gasteiger partial charge in [-0.05, 0) is 24.2 Å². The molecule has 0 radical (unpaired) electrons. The van der Waals surface area contributed by atoms with Gasteiger partial charge in [0, 0.05) is 11.6 Å². The topological polar surface area (TPSA) is 133 Å². The Labute approximate surface area is 123 Å². The van der Waals surface area contributed by atoms with E-state index in [-0.39, 0.29) is 17.1 Å². The summed E-state index contributed by atoms with van der Waals surface area (Å²) < 4.78 is 9.28. The van der Waals surface area contributed by atoms with Crippen LogP contribution >= 0.6 is 0 Å². The van der Waals surface area contributed by atoms with Gasteiger partial charge in [-0.3, -0.25) is 14.9 Å². The van der Waals surface area contributed by atoms with Gasteiger partial charge in [-0.2, -0.15) is 5.10 Å². The maximum absolute atomic E-state index is 11.7. The number of carbonyl (C=O) groups is 1. The summed E-state index contributed by atoms with van der Waals surface area (Å²) in [7, 11) is 1.34. The zero-order valence-corrected chi connectivity index (χ0v) is 11.6. The van der Waals surface area contributed by atoms with Crippen LogP contribution in [0.3, 0.4) is 0 Å². The lowest BCUT2D eigenvalue weighted by atomic mass is 10.2. The van der Waals surface area contributed by atoms with E-state index in [1.807, 2.05) is 0 Å². The van der Waals surface area contributed by atoms with Crippen molar-refractivity contribution in [3.05, 3.63) is 45.3 Å². The van der Waals surface area contributed by atoms with Crippen LogP contribution in [0.25, 0.3) is 0 Å². The molecule has 22 heavy (non-hydrogen) atoms. The first-order valence-electron chi connectivity index (χ1n) is 5.98. The number of benzene rings is 1. The minimum Gasteiger partial charge on any atom is -0.490 e. The molecule has 1 amide bonds. The van der Waals surface area contributed by atoms with Crippen molar-refractivity contribution >= 4 is 17.8 Å². The minimum atomic E-state index is -0.599. The van der Waals surface area contributed by atoms with Crippen molar-refractivity contribution < 1.29 is 19.1 Å². The molecule has 0 atom stereocenters. The quantitative estimate of drug-likeness (QED) is 0.496. The number of nitro groups is 1. The molecule has 0 aliphatic carbocycles. The fourth-order valence-corrected chi connectivity index (χ4v) is 1.59. The van der Waals surface area contributed by atoms with Crippen molar-refractivity contribution in [3.8, 4) is 5.75 Å². The van der Waals surface area contributed by atoms with E-state index in [0.717, 1.165) is 0 Å². The Hall–Kier alpha value is -3.30. The molecule has 0 bridgehead atoms. The van der Waals surface area contributed by atoms with Gasteiger partial charge in [-0.25, -0.2) is 10.1 Å². The largest absolute Gasteiger partial charge is 0.490 e. The van der Waals surface area contributed by atoms with Crippen molar-refractivity contribution in [1.82, 2.24) is 15.7 Å². The molecule has 114 valence electrons. The number of methoxy groups -OCH3 is 1. The summed E-state index contributed by atoms with van der Waals surface area (Å²) >= 11 is 0. The first-order valence-corrected chi connectivity index (χ1v) is 5.98. The summed E-state index contributed by atoms with van der Waals surface area (Å²) in [6.07, 6.45) is 1.26. The molecule has 10 heteroatoms. The molecular formula is C12H11N5O5. The van der Waals surface area contributed by atoms with Crippen LogP contribution in [0.4, 0.5) is 5.69 Å².